The summed E-state index contributed by atoms with van der Waals surface area (Å²) in [6.07, 6.45) is -0.911. The quantitative estimate of drug-likeness (QED) is 0.459. The molecule has 2 atom stereocenters. The third kappa shape index (κ3) is 4.80. The molecule has 0 saturated heterocycles. The van der Waals surface area contributed by atoms with Gasteiger partial charge in [-0.3, -0.25) is 19.5 Å². The van der Waals surface area contributed by atoms with Crippen LogP contribution >= 0.6 is 7.82 Å². The number of nitrogens with zero attached hydrogens (tertiary/aromatic N) is 1. The maximum atomic E-state index is 11.4. The molecule has 0 bridgehead atoms. The molecule has 0 saturated carbocycles. The van der Waals surface area contributed by atoms with Crippen LogP contribution in [0.15, 0.2) is 24.3 Å². The van der Waals surface area contributed by atoms with Gasteiger partial charge in [-0.2, -0.15) is 0 Å². The molecule has 1 aromatic carbocycles. The topological polar surface area (TPSA) is 119 Å². The van der Waals surface area contributed by atoms with Crippen molar-refractivity contribution in [1.82, 2.24) is 0 Å². The van der Waals surface area contributed by atoms with Gasteiger partial charge in [-0.1, -0.05) is 0 Å². The van der Waals surface area contributed by atoms with Crippen LogP contribution in [-0.4, -0.2) is 27.6 Å². The standard InChI is InChI=1S/C9H12NO7P/c1-7(11)6-16-18(14,15)17-9-4-2-8(3-5-9)10(12)13/h2-5,7,11H,6H2,1H3,(H,14,15)/t7-/m1/s1. The largest absolute Gasteiger partial charge is 0.527 e. The number of phosphoric ester groups is 1. The van der Waals surface area contributed by atoms with E-state index in [1.807, 2.05) is 0 Å². The Morgan fingerprint density at radius 3 is 2.44 bits per heavy atom. The Balaban J connectivity index is 2.66. The maximum Gasteiger partial charge on any atom is 0.527 e. The van der Waals surface area contributed by atoms with Crippen molar-refractivity contribution >= 4 is 13.5 Å². The first-order valence-corrected chi connectivity index (χ1v) is 6.39. The van der Waals surface area contributed by atoms with Crippen LogP contribution in [0.1, 0.15) is 6.92 Å². The summed E-state index contributed by atoms with van der Waals surface area (Å²) in [5.74, 6) is -0.0444. The van der Waals surface area contributed by atoms with Crippen LogP contribution in [0.3, 0.4) is 0 Å². The second kappa shape index (κ2) is 5.92. The average Bonchev–Trinajstić information content (AvgIpc) is 2.27. The van der Waals surface area contributed by atoms with Gasteiger partial charge < -0.3 is 9.63 Å². The summed E-state index contributed by atoms with van der Waals surface area (Å²) < 4.78 is 20.5. The lowest BCUT2D eigenvalue weighted by Crippen LogP contribution is -2.10. The number of hydrogen-bond donors (Lipinski definition) is 2. The monoisotopic (exact) mass is 277 g/mol. The van der Waals surface area contributed by atoms with E-state index in [1.165, 1.54) is 19.1 Å². The molecule has 1 aromatic rings. The number of hydrogen-bond acceptors (Lipinski definition) is 6. The van der Waals surface area contributed by atoms with E-state index in [4.69, 9.17) is 5.11 Å². The van der Waals surface area contributed by atoms with Crippen molar-refractivity contribution in [3.8, 4) is 5.75 Å². The summed E-state index contributed by atoms with van der Waals surface area (Å²) in [5, 5.41) is 19.3. The number of benzene rings is 1. The Hall–Kier alpha value is -1.47. The summed E-state index contributed by atoms with van der Waals surface area (Å²) in [6.45, 7) is 1.02. The summed E-state index contributed by atoms with van der Waals surface area (Å²) in [5.41, 5.74) is -0.167. The summed E-state index contributed by atoms with van der Waals surface area (Å²) in [4.78, 5) is 19.0. The summed E-state index contributed by atoms with van der Waals surface area (Å²) in [6, 6.07) is 4.60. The van der Waals surface area contributed by atoms with Gasteiger partial charge in [0, 0.05) is 12.1 Å². The molecule has 0 radical (unpaired) electrons. The van der Waals surface area contributed by atoms with Crippen molar-refractivity contribution in [3.63, 3.8) is 0 Å². The van der Waals surface area contributed by atoms with Gasteiger partial charge in [0.1, 0.15) is 5.75 Å². The zero-order valence-electron chi connectivity index (χ0n) is 9.42. The molecule has 0 heterocycles. The fourth-order valence-corrected chi connectivity index (χ4v) is 1.84. The molecule has 1 unspecified atom stereocenters. The smallest absolute Gasteiger partial charge is 0.404 e. The first kappa shape index (κ1) is 14.6. The van der Waals surface area contributed by atoms with E-state index in [0.29, 0.717) is 0 Å². The molecule has 0 fully saturated rings. The third-order valence-electron chi connectivity index (χ3n) is 1.75. The molecule has 0 aliphatic heterocycles. The highest BCUT2D eigenvalue weighted by molar-refractivity contribution is 7.47. The second-order valence-corrected chi connectivity index (χ2v) is 4.83. The normalized spacial score (nSPS) is 15.7. The number of non-ortho nitro benzene ring substituents is 1. The van der Waals surface area contributed by atoms with Crippen molar-refractivity contribution in [1.29, 1.82) is 0 Å². The van der Waals surface area contributed by atoms with Crippen LogP contribution in [0.5, 0.6) is 5.75 Å². The first-order chi connectivity index (χ1) is 8.30. The predicted molar refractivity (Wildman–Crippen MR) is 61.2 cm³/mol. The van der Waals surface area contributed by atoms with Gasteiger partial charge >= 0.3 is 7.82 Å². The molecule has 18 heavy (non-hydrogen) atoms. The fraction of sp³-hybridized carbons (Fsp3) is 0.333. The Morgan fingerprint density at radius 1 is 1.44 bits per heavy atom. The lowest BCUT2D eigenvalue weighted by molar-refractivity contribution is -0.384. The molecule has 1 rings (SSSR count). The van der Waals surface area contributed by atoms with Crippen molar-refractivity contribution < 1.29 is 28.5 Å². The Morgan fingerprint density at radius 2 is 2.00 bits per heavy atom. The molecule has 9 heteroatoms. The maximum absolute atomic E-state index is 11.4. The number of aliphatic hydroxyl groups is 1. The van der Waals surface area contributed by atoms with E-state index in [9.17, 15) is 19.6 Å². The van der Waals surface area contributed by atoms with Crippen molar-refractivity contribution in [2.75, 3.05) is 6.61 Å². The van der Waals surface area contributed by atoms with Gasteiger partial charge in [-0.05, 0) is 19.1 Å². The van der Waals surface area contributed by atoms with Gasteiger partial charge in [-0.15, -0.1) is 0 Å². The summed E-state index contributed by atoms with van der Waals surface area (Å²) >= 11 is 0. The van der Waals surface area contributed by atoms with Crippen LogP contribution in [0.25, 0.3) is 0 Å². The Bertz CT molecular complexity index is 458. The molecule has 0 aliphatic carbocycles. The first-order valence-electron chi connectivity index (χ1n) is 4.89. The molecule has 0 amide bonds. The Kier molecular flexibility index (Phi) is 4.80. The van der Waals surface area contributed by atoms with Crippen LogP contribution in [-0.2, 0) is 9.09 Å². The Labute approximate surface area is 103 Å². The van der Waals surface area contributed by atoms with Crippen LogP contribution in [0, 0.1) is 10.1 Å². The van der Waals surface area contributed by atoms with Gasteiger partial charge in [0.2, 0.25) is 0 Å². The van der Waals surface area contributed by atoms with Gasteiger partial charge in [0.05, 0.1) is 17.6 Å². The lowest BCUT2D eigenvalue weighted by Gasteiger charge is -2.13. The number of nitro groups is 1. The van der Waals surface area contributed by atoms with Crippen molar-refractivity contribution in [2.24, 2.45) is 0 Å². The SMILES string of the molecule is C[C@@H](O)COP(=O)(O)Oc1ccc([N+](=O)[O-])cc1. The zero-order valence-corrected chi connectivity index (χ0v) is 10.3. The number of aliphatic hydroxyl groups excluding tert-OH is 1. The van der Waals surface area contributed by atoms with E-state index in [0.717, 1.165) is 12.1 Å². The minimum Gasteiger partial charge on any atom is -0.404 e. The van der Waals surface area contributed by atoms with Crippen LogP contribution in [0.4, 0.5) is 5.69 Å². The fourth-order valence-electron chi connectivity index (χ4n) is 0.990. The van der Waals surface area contributed by atoms with E-state index in [-0.39, 0.29) is 18.0 Å². The number of phosphoric acid groups is 1. The second-order valence-electron chi connectivity index (χ2n) is 3.46. The third-order valence-corrected chi connectivity index (χ3v) is 2.66. The highest BCUT2D eigenvalue weighted by Gasteiger charge is 2.23. The van der Waals surface area contributed by atoms with E-state index in [1.54, 1.807) is 0 Å². The van der Waals surface area contributed by atoms with E-state index < -0.39 is 18.8 Å². The minimum absolute atomic E-state index is 0.0444. The molecule has 100 valence electrons. The molecule has 0 aliphatic rings. The van der Waals surface area contributed by atoms with Gasteiger partial charge in [0.25, 0.3) is 5.69 Å². The minimum atomic E-state index is -4.34. The van der Waals surface area contributed by atoms with E-state index >= 15 is 0 Å². The average molecular weight is 277 g/mol. The highest BCUT2D eigenvalue weighted by Crippen LogP contribution is 2.43. The zero-order chi connectivity index (χ0) is 13.8. The highest BCUT2D eigenvalue weighted by atomic mass is 31.2. The lowest BCUT2D eigenvalue weighted by atomic mass is 10.3. The van der Waals surface area contributed by atoms with Gasteiger partial charge in [-0.25, -0.2) is 4.57 Å². The van der Waals surface area contributed by atoms with Crippen LogP contribution in [0.2, 0.25) is 0 Å². The van der Waals surface area contributed by atoms with Gasteiger partial charge in [0.15, 0.2) is 0 Å². The number of rotatable bonds is 6. The molecule has 8 nitrogen and oxygen atoms in total. The molecular weight excluding hydrogens is 265 g/mol. The van der Waals surface area contributed by atoms with Crippen molar-refractivity contribution in [2.45, 2.75) is 13.0 Å². The molecule has 2 N–H and O–H groups in total. The number of nitro benzene ring substituents is 1. The molecule has 0 aromatic heterocycles. The van der Waals surface area contributed by atoms with E-state index in [2.05, 4.69) is 9.05 Å². The van der Waals surface area contributed by atoms with Crippen molar-refractivity contribution in [3.05, 3.63) is 34.4 Å². The predicted octanol–water partition coefficient (Wildman–Crippen LogP) is 1.47. The summed E-state index contributed by atoms with van der Waals surface area (Å²) in [7, 11) is -4.34. The molecule has 0 spiro atoms. The molecular formula is C9H12NO7P. The van der Waals surface area contributed by atoms with Crippen LogP contribution < -0.4 is 4.52 Å².